The van der Waals surface area contributed by atoms with E-state index in [4.69, 9.17) is 74.3 Å². The summed E-state index contributed by atoms with van der Waals surface area (Å²) in [4.78, 5) is 34.5. The molecule has 36 heavy (non-hydrogen) atoms. The van der Waals surface area contributed by atoms with Crippen LogP contribution in [0.3, 0.4) is 0 Å². The minimum Gasteiger partial charge on any atom is -0.481 e. The van der Waals surface area contributed by atoms with Crippen molar-refractivity contribution in [3.05, 3.63) is 50.8 Å². The Morgan fingerprint density at radius 2 is 1.58 bits per heavy atom. The number of alkyl halides is 4. The smallest absolute Gasteiger partial charge is 0.341 e. The number of halogens is 6. The van der Waals surface area contributed by atoms with Crippen molar-refractivity contribution in [1.82, 2.24) is 0 Å². The van der Waals surface area contributed by atoms with E-state index in [2.05, 4.69) is 5.32 Å². The van der Waals surface area contributed by atoms with Crippen molar-refractivity contribution in [1.29, 1.82) is 0 Å². The molecule has 13 heteroatoms. The van der Waals surface area contributed by atoms with Gasteiger partial charge in [0.1, 0.15) is 20.3 Å². The van der Waals surface area contributed by atoms with E-state index in [0.29, 0.717) is 5.56 Å². The molecule has 2 N–H and O–H groups in total. The largest absolute Gasteiger partial charge is 0.481 e. The Morgan fingerprint density at radius 3 is 2.11 bits per heavy atom. The highest BCUT2D eigenvalue weighted by atomic mass is 35.5. The van der Waals surface area contributed by atoms with Crippen LogP contribution in [-0.2, 0) is 14.3 Å². The second kappa shape index (κ2) is 9.53. The Morgan fingerprint density at radius 1 is 1.03 bits per heavy atom. The number of ether oxygens (including phenoxy) is 1. The molecule has 1 aromatic carbocycles. The van der Waals surface area contributed by atoms with E-state index in [1.54, 1.807) is 12.3 Å². The van der Waals surface area contributed by atoms with Crippen molar-refractivity contribution >= 4 is 104 Å². The van der Waals surface area contributed by atoms with Gasteiger partial charge in [0.2, 0.25) is 5.91 Å². The number of nitrogens with one attached hydrogen (secondary N) is 1. The third kappa shape index (κ3) is 3.69. The van der Waals surface area contributed by atoms with E-state index in [0.717, 1.165) is 22.5 Å². The lowest BCUT2D eigenvalue weighted by Crippen LogP contribution is -2.47. The monoisotopic (exact) mass is 629 g/mol. The number of hydrogen-bond donors (Lipinski definition) is 2. The predicted molar refractivity (Wildman–Crippen MR) is 144 cm³/mol. The highest BCUT2D eigenvalue weighted by Crippen LogP contribution is 2.76. The maximum Gasteiger partial charge on any atom is 0.341 e. The SMILES string of the molecule is CCOC(=O)c1c(-c2ccc(C)cc2)csc1NC(=O)C1C(C(=O)O)C2(Cl)C(Cl)=C(Cl)C1(Cl)C2(Cl)Cl. The van der Waals surface area contributed by atoms with Gasteiger partial charge in [0.25, 0.3) is 0 Å². The van der Waals surface area contributed by atoms with E-state index in [-0.39, 0.29) is 27.2 Å². The number of benzene rings is 1. The Kier molecular flexibility index (Phi) is 7.37. The molecule has 1 heterocycles. The van der Waals surface area contributed by atoms with Gasteiger partial charge in [0, 0.05) is 10.9 Å². The first kappa shape index (κ1) is 27.8. The van der Waals surface area contributed by atoms with Crippen LogP contribution in [0, 0.1) is 18.8 Å². The number of aliphatic carboxylic acids is 1. The van der Waals surface area contributed by atoms with Crippen LogP contribution in [-0.4, -0.2) is 43.6 Å². The highest BCUT2D eigenvalue weighted by molar-refractivity contribution is 7.15. The van der Waals surface area contributed by atoms with Crippen molar-refractivity contribution in [2.75, 3.05) is 11.9 Å². The number of allylic oxidation sites excluding steroid dienone is 2. The zero-order valence-electron chi connectivity index (χ0n) is 18.5. The zero-order chi connectivity index (χ0) is 26.8. The van der Waals surface area contributed by atoms with E-state index in [1.807, 2.05) is 31.2 Å². The zero-order valence-corrected chi connectivity index (χ0v) is 23.9. The molecule has 1 fully saturated rings. The summed E-state index contributed by atoms with van der Waals surface area (Å²) in [6.07, 6.45) is 0. The van der Waals surface area contributed by atoms with Crippen molar-refractivity contribution in [3.63, 3.8) is 0 Å². The lowest BCUT2D eigenvalue weighted by atomic mass is 9.81. The highest BCUT2D eigenvalue weighted by Gasteiger charge is 2.85. The van der Waals surface area contributed by atoms with E-state index in [9.17, 15) is 19.5 Å². The molecular formula is C23H17Cl6NO5S. The van der Waals surface area contributed by atoms with Gasteiger partial charge in [-0.05, 0) is 19.4 Å². The second-order valence-corrected chi connectivity index (χ2v) is 12.5. The fraction of sp³-hybridized carbons (Fsp3) is 0.348. The summed E-state index contributed by atoms with van der Waals surface area (Å²) in [6, 6.07) is 7.41. The van der Waals surface area contributed by atoms with E-state index < -0.39 is 43.8 Å². The summed E-state index contributed by atoms with van der Waals surface area (Å²) in [5.74, 6) is -6.45. The quantitative estimate of drug-likeness (QED) is 0.265. The van der Waals surface area contributed by atoms with Crippen molar-refractivity contribution in [2.45, 2.75) is 27.9 Å². The van der Waals surface area contributed by atoms with Gasteiger partial charge in [-0.25, -0.2) is 4.79 Å². The summed E-state index contributed by atoms with van der Waals surface area (Å²) in [6.45, 7) is 3.67. The molecular weight excluding hydrogens is 615 g/mol. The molecule has 4 unspecified atom stereocenters. The first-order chi connectivity index (χ1) is 16.7. The molecule has 6 nitrogen and oxygen atoms in total. The van der Waals surface area contributed by atoms with E-state index in [1.165, 1.54) is 0 Å². The molecule has 2 bridgehead atoms. The minimum absolute atomic E-state index is 0.0958. The first-order valence-electron chi connectivity index (χ1n) is 10.5. The summed E-state index contributed by atoms with van der Waals surface area (Å²) < 4.78 is 2.97. The second-order valence-electron chi connectivity index (χ2n) is 8.35. The summed E-state index contributed by atoms with van der Waals surface area (Å²) in [5.41, 5.74) is 2.36. The van der Waals surface area contributed by atoms with Crippen LogP contribution < -0.4 is 5.32 Å². The molecule has 0 radical (unpaired) electrons. The van der Waals surface area contributed by atoms with Gasteiger partial charge in [-0.15, -0.1) is 34.5 Å². The van der Waals surface area contributed by atoms with Crippen molar-refractivity contribution in [3.8, 4) is 11.1 Å². The lowest BCUT2D eigenvalue weighted by molar-refractivity contribution is -0.146. The van der Waals surface area contributed by atoms with Gasteiger partial charge in [-0.1, -0.05) is 76.2 Å². The Hall–Kier alpha value is -1.19. The van der Waals surface area contributed by atoms with Crippen LogP contribution in [0.5, 0.6) is 0 Å². The Bertz CT molecular complexity index is 1310. The van der Waals surface area contributed by atoms with Crippen LogP contribution in [0.2, 0.25) is 0 Å². The molecule has 2 aliphatic rings. The van der Waals surface area contributed by atoms with Gasteiger partial charge in [-0.3, -0.25) is 9.59 Å². The molecule has 4 atom stereocenters. The lowest BCUT2D eigenvalue weighted by Gasteiger charge is -2.33. The molecule has 1 amide bonds. The number of thiophene rings is 1. The minimum atomic E-state index is -2.24. The van der Waals surface area contributed by atoms with Gasteiger partial charge >= 0.3 is 11.9 Å². The third-order valence-corrected chi connectivity index (χ3v) is 11.5. The van der Waals surface area contributed by atoms with Gasteiger partial charge in [0.15, 0.2) is 4.33 Å². The molecule has 192 valence electrons. The Labute approximate surface area is 240 Å². The topological polar surface area (TPSA) is 92.7 Å². The summed E-state index contributed by atoms with van der Waals surface area (Å²) in [5, 5.41) is 13.7. The standard InChI is InChI=1S/C23H17Cl6NO5S/c1-3-35-20(34)12-11(10-6-4-9(2)5-7-10)8-36-18(12)30-17(31)13-14(19(32)33)22(27)16(25)15(24)21(13,26)23(22,28)29/h4-8,13-14H,3H2,1-2H3,(H,30,31)(H,32,33). The van der Waals surface area contributed by atoms with Crippen molar-refractivity contribution < 1.29 is 24.2 Å². The molecule has 1 aromatic heterocycles. The molecule has 2 aromatic rings. The number of carbonyl (C=O) groups is 3. The maximum absolute atomic E-state index is 13.6. The third-order valence-electron chi connectivity index (χ3n) is 6.35. The average Bonchev–Trinajstić information content (AvgIpc) is 3.31. The van der Waals surface area contributed by atoms with Crippen LogP contribution in [0.15, 0.2) is 39.7 Å². The number of carboxylic acids is 1. The fourth-order valence-electron chi connectivity index (χ4n) is 4.62. The molecule has 0 aliphatic heterocycles. The Balaban J connectivity index is 1.80. The number of esters is 1. The maximum atomic E-state index is 13.6. The average molecular weight is 632 g/mol. The van der Waals surface area contributed by atoms with Crippen LogP contribution in [0.1, 0.15) is 22.8 Å². The molecule has 1 saturated carbocycles. The number of aryl methyl sites for hydroxylation is 1. The van der Waals surface area contributed by atoms with Crippen LogP contribution in [0.25, 0.3) is 11.1 Å². The molecule has 2 aliphatic carbocycles. The summed E-state index contributed by atoms with van der Waals surface area (Å²) in [7, 11) is 0. The van der Waals surface area contributed by atoms with E-state index >= 15 is 0 Å². The normalized spacial score (nSPS) is 28.3. The molecule has 0 spiro atoms. The number of hydrogen-bond acceptors (Lipinski definition) is 5. The number of amides is 1. The number of rotatable bonds is 6. The first-order valence-corrected chi connectivity index (χ1v) is 13.6. The number of anilines is 1. The van der Waals surface area contributed by atoms with Gasteiger partial charge < -0.3 is 15.2 Å². The fourth-order valence-corrected chi connectivity index (χ4v) is 8.51. The number of carboxylic acid groups (broad SMARTS) is 1. The number of fused-ring (bicyclic) bond motifs is 2. The number of carbonyl (C=O) groups excluding carboxylic acids is 2. The van der Waals surface area contributed by atoms with Gasteiger partial charge in [-0.2, -0.15) is 0 Å². The molecule has 4 rings (SSSR count). The van der Waals surface area contributed by atoms with Crippen molar-refractivity contribution in [2.24, 2.45) is 11.8 Å². The molecule has 0 saturated heterocycles. The van der Waals surface area contributed by atoms with Crippen LogP contribution >= 0.6 is 80.9 Å². The van der Waals surface area contributed by atoms with Crippen LogP contribution in [0.4, 0.5) is 5.00 Å². The predicted octanol–water partition coefficient (Wildman–Crippen LogP) is 7.00. The van der Waals surface area contributed by atoms with Gasteiger partial charge in [0.05, 0.1) is 28.5 Å². The summed E-state index contributed by atoms with van der Waals surface area (Å²) >= 11 is 39.9.